The van der Waals surface area contributed by atoms with Crippen LogP contribution in [-0.2, 0) is 0 Å². The molecule has 1 saturated heterocycles. The molecule has 0 radical (unpaired) electrons. The SMILES string of the molecule is Cc1nc(C)c(C)c(-c2[nH]c3ccc(C4CCNCC4)cc3c2C(C)C)c1C. The maximum Gasteiger partial charge on any atom is 0.0506 e. The van der Waals surface area contributed by atoms with Crippen LogP contribution in [0.15, 0.2) is 18.2 Å². The number of aromatic nitrogens is 2. The zero-order chi connectivity index (χ0) is 20.0. The number of hydrogen-bond acceptors (Lipinski definition) is 2. The number of hydrogen-bond donors (Lipinski definition) is 2. The normalized spacial score (nSPS) is 15.7. The molecule has 28 heavy (non-hydrogen) atoms. The van der Waals surface area contributed by atoms with E-state index < -0.39 is 0 Å². The van der Waals surface area contributed by atoms with Gasteiger partial charge in [0.15, 0.2) is 0 Å². The zero-order valence-corrected chi connectivity index (χ0v) is 18.2. The molecular weight excluding hydrogens is 342 g/mol. The third kappa shape index (κ3) is 3.16. The number of benzene rings is 1. The van der Waals surface area contributed by atoms with Crippen molar-refractivity contribution in [3.05, 3.63) is 51.8 Å². The molecule has 3 nitrogen and oxygen atoms in total. The number of pyridine rings is 1. The van der Waals surface area contributed by atoms with E-state index in [1.54, 1.807) is 0 Å². The predicted molar refractivity (Wildman–Crippen MR) is 119 cm³/mol. The van der Waals surface area contributed by atoms with Gasteiger partial charge in [-0.3, -0.25) is 4.98 Å². The molecule has 0 aliphatic carbocycles. The van der Waals surface area contributed by atoms with Gasteiger partial charge in [0.2, 0.25) is 0 Å². The highest BCUT2D eigenvalue weighted by Gasteiger charge is 2.22. The molecule has 3 heterocycles. The second kappa shape index (κ2) is 7.36. The summed E-state index contributed by atoms with van der Waals surface area (Å²) in [6, 6.07) is 7.10. The Kier molecular flexibility index (Phi) is 5.05. The number of rotatable bonds is 3. The lowest BCUT2D eigenvalue weighted by Crippen LogP contribution is -2.26. The summed E-state index contributed by atoms with van der Waals surface area (Å²) in [4.78, 5) is 8.53. The van der Waals surface area contributed by atoms with Gasteiger partial charge in [-0.1, -0.05) is 19.9 Å². The minimum absolute atomic E-state index is 0.458. The molecule has 1 aliphatic rings. The lowest BCUT2D eigenvalue weighted by atomic mass is 9.87. The summed E-state index contributed by atoms with van der Waals surface area (Å²) in [5, 5.41) is 4.88. The molecule has 0 bridgehead atoms. The van der Waals surface area contributed by atoms with Crippen LogP contribution in [0, 0.1) is 27.7 Å². The van der Waals surface area contributed by atoms with Crippen LogP contribution in [0.4, 0.5) is 0 Å². The van der Waals surface area contributed by atoms with Gasteiger partial charge in [-0.05, 0) is 99.8 Å². The highest BCUT2D eigenvalue weighted by Crippen LogP contribution is 2.40. The first-order valence-corrected chi connectivity index (χ1v) is 10.7. The summed E-state index contributed by atoms with van der Waals surface area (Å²) in [5.74, 6) is 1.14. The standard InChI is InChI=1S/C25H33N3/c1-14(2)23-21-13-20(19-9-11-26-12-10-19)7-8-22(21)28-25(23)24-15(3)17(5)27-18(6)16(24)4/h7-8,13-14,19,26,28H,9-12H2,1-6H3. The van der Waals surface area contributed by atoms with Crippen LogP contribution in [0.5, 0.6) is 0 Å². The van der Waals surface area contributed by atoms with Gasteiger partial charge in [-0.2, -0.15) is 0 Å². The second-order valence-electron chi connectivity index (χ2n) is 8.81. The van der Waals surface area contributed by atoms with Crippen LogP contribution in [-0.4, -0.2) is 23.1 Å². The van der Waals surface area contributed by atoms with Crippen molar-refractivity contribution in [3.63, 3.8) is 0 Å². The summed E-state index contributed by atoms with van der Waals surface area (Å²) in [7, 11) is 0. The molecule has 0 unspecified atom stereocenters. The van der Waals surface area contributed by atoms with Crippen LogP contribution in [0.3, 0.4) is 0 Å². The van der Waals surface area contributed by atoms with Gasteiger partial charge in [0.1, 0.15) is 0 Å². The fourth-order valence-corrected chi connectivity index (χ4v) is 4.87. The number of nitrogens with one attached hydrogen (secondary N) is 2. The molecule has 0 saturated carbocycles. The Morgan fingerprint density at radius 1 is 0.964 bits per heavy atom. The van der Waals surface area contributed by atoms with Crippen LogP contribution in [0.1, 0.15) is 72.2 Å². The highest BCUT2D eigenvalue weighted by atomic mass is 14.9. The molecular formula is C25H33N3. The third-order valence-electron chi connectivity index (χ3n) is 6.67. The number of fused-ring (bicyclic) bond motifs is 1. The van der Waals surface area contributed by atoms with E-state index in [2.05, 4.69) is 70.0 Å². The van der Waals surface area contributed by atoms with Crippen molar-refractivity contribution >= 4 is 10.9 Å². The van der Waals surface area contributed by atoms with Crippen LogP contribution < -0.4 is 5.32 Å². The Labute approximate surface area is 169 Å². The Hall–Kier alpha value is -2.13. The van der Waals surface area contributed by atoms with Crippen molar-refractivity contribution in [2.24, 2.45) is 0 Å². The molecule has 2 aromatic heterocycles. The summed E-state index contributed by atoms with van der Waals surface area (Å²) in [6.07, 6.45) is 2.47. The minimum atomic E-state index is 0.458. The summed E-state index contributed by atoms with van der Waals surface area (Å²) in [6.45, 7) is 15.6. The molecule has 1 aromatic carbocycles. The van der Waals surface area contributed by atoms with Crippen molar-refractivity contribution in [1.29, 1.82) is 0 Å². The molecule has 4 rings (SSSR count). The van der Waals surface area contributed by atoms with Gasteiger partial charge in [-0.25, -0.2) is 0 Å². The summed E-state index contributed by atoms with van der Waals surface area (Å²) in [5.41, 5.74) is 11.7. The van der Waals surface area contributed by atoms with Gasteiger partial charge in [-0.15, -0.1) is 0 Å². The number of piperidine rings is 1. The lowest BCUT2D eigenvalue weighted by Gasteiger charge is -2.23. The van der Waals surface area contributed by atoms with E-state index in [4.69, 9.17) is 4.98 Å². The topological polar surface area (TPSA) is 40.7 Å². The molecule has 2 N–H and O–H groups in total. The van der Waals surface area contributed by atoms with E-state index in [1.807, 2.05) is 0 Å². The predicted octanol–water partition coefficient (Wildman–Crippen LogP) is 6.05. The molecule has 0 atom stereocenters. The van der Waals surface area contributed by atoms with Crippen molar-refractivity contribution in [1.82, 2.24) is 15.3 Å². The molecule has 0 spiro atoms. The molecule has 3 aromatic rings. The fourth-order valence-electron chi connectivity index (χ4n) is 4.87. The van der Waals surface area contributed by atoms with E-state index in [-0.39, 0.29) is 0 Å². The van der Waals surface area contributed by atoms with Crippen molar-refractivity contribution in [2.75, 3.05) is 13.1 Å². The minimum Gasteiger partial charge on any atom is -0.354 e. The number of H-pyrrole nitrogens is 1. The Balaban J connectivity index is 1.94. The van der Waals surface area contributed by atoms with Gasteiger partial charge in [0, 0.05) is 27.9 Å². The van der Waals surface area contributed by atoms with E-state index in [0.717, 1.165) is 24.5 Å². The van der Waals surface area contributed by atoms with Gasteiger partial charge < -0.3 is 10.3 Å². The first kappa shape index (κ1) is 19.2. The van der Waals surface area contributed by atoms with E-state index in [0.29, 0.717) is 11.8 Å². The monoisotopic (exact) mass is 375 g/mol. The van der Waals surface area contributed by atoms with Gasteiger partial charge in [0.05, 0.1) is 5.69 Å². The quantitative estimate of drug-likeness (QED) is 0.585. The van der Waals surface area contributed by atoms with E-state index in [1.165, 1.54) is 57.3 Å². The van der Waals surface area contributed by atoms with Crippen molar-refractivity contribution in [2.45, 2.75) is 66.2 Å². The average molecular weight is 376 g/mol. The zero-order valence-electron chi connectivity index (χ0n) is 18.2. The number of aryl methyl sites for hydroxylation is 2. The second-order valence-corrected chi connectivity index (χ2v) is 8.81. The largest absolute Gasteiger partial charge is 0.354 e. The molecule has 3 heteroatoms. The Morgan fingerprint density at radius 3 is 2.21 bits per heavy atom. The average Bonchev–Trinajstić information content (AvgIpc) is 3.05. The van der Waals surface area contributed by atoms with Crippen LogP contribution >= 0.6 is 0 Å². The van der Waals surface area contributed by atoms with Gasteiger partial charge >= 0.3 is 0 Å². The lowest BCUT2D eigenvalue weighted by molar-refractivity contribution is 0.460. The smallest absolute Gasteiger partial charge is 0.0506 e. The first-order valence-electron chi connectivity index (χ1n) is 10.7. The van der Waals surface area contributed by atoms with Crippen LogP contribution in [0.25, 0.3) is 22.2 Å². The maximum absolute atomic E-state index is 4.74. The maximum atomic E-state index is 4.74. The third-order valence-corrected chi connectivity index (χ3v) is 6.67. The number of nitrogens with zero attached hydrogens (tertiary/aromatic N) is 1. The van der Waals surface area contributed by atoms with Crippen LogP contribution in [0.2, 0.25) is 0 Å². The summed E-state index contributed by atoms with van der Waals surface area (Å²) >= 11 is 0. The van der Waals surface area contributed by atoms with Crippen molar-refractivity contribution < 1.29 is 0 Å². The fraction of sp³-hybridized carbons (Fsp3) is 0.480. The van der Waals surface area contributed by atoms with Crippen molar-refractivity contribution in [3.8, 4) is 11.3 Å². The number of aromatic amines is 1. The van der Waals surface area contributed by atoms with Gasteiger partial charge in [0.25, 0.3) is 0 Å². The molecule has 148 valence electrons. The molecule has 1 fully saturated rings. The highest BCUT2D eigenvalue weighted by molar-refractivity contribution is 5.93. The Morgan fingerprint density at radius 2 is 1.61 bits per heavy atom. The first-order chi connectivity index (χ1) is 13.4. The molecule has 0 amide bonds. The Bertz CT molecular complexity index is 994. The van der Waals surface area contributed by atoms with E-state index >= 15 is 0 Å². The van der Waals surface area contributed by atoms with E-state index in [9.17, 15) is 0 Å². The molecule has 1 aliphatic heterocycles. The summed E-state index contributed by atoms with van der Waals surface area (Å²) < 4.78 is 0.